The van der Waals surface area contributed by atoms with Crippen molar-refractivity contribution in [1.82, 2.24) is 20.0 Å². The molecular formula is C19H17N5O3S2. The fourth-order valence-corrected chi connectivity index (χ4v) is 4.73. The molecule has 0 amide bonds. The van der Waals surface area contributed by atoms with E-state index in [0.29, 0.717) is 23.1 Å². The molecular weight excluding hydrogens is 410 g/mol. The summed E-state index contributed by atoms with van der Waals surface area (Å²) in [7, 11) is -3.58. The summed E-state index contributed by atoms with van der Waals surface area (Å²) in [6.07, 6.45) is 0. The lowest BCUT2D eigenvalue weighted by molar-refractivity contribution is 0.454. The number of hydrogen-bond acceptors (Lipinski definition) is 7. The van der Waals surface area contributed by atoms with Crippen molar-refractivity contribution in [2.24, 2.45) is 0 Å². The topological polar surface area (TPSA) is 99.0 Å². The maximum absolute atomic E-state index is 12.3. The highest BCUT2D eigenvalue weighted by Crippen LogP contribution is 2.24. The zero-order chi connectivity index (χ0) is 20.4. The highest BCUT2D eigenvalue weighted by Gasteiger charge is 2.15. The Bertz CT molecular complexity index is 1220. The fourth-order valence-electron chi connectivity index (χ4n) is 2.67. The van der Waals surface area contributed by atoms with Crippen LogP contribution in [0.4, 0.5) is 5.69 Å². The van der Waals surface area contributed by atoms with Crippen LogP contribution in [-0.2, 0) is 10.0 Å². The molecule has 0 atom stereocenters. The van der Waals surface area contributed by atoms with E-state index in [9.17, 15) is 8.42 Å². The second kappa shape index (κ2) is 7.64. The molecule has 3 aromatic heterocycles. The SMILES string of the molecule is Cc1cc(C)n(-c2ccc(Oc3ccc(NS(=O)(=O)c4cccs4)cc3)nn2)n1. The average molecular weight is 428 g/mol. The van der Waals surface area contributed by atoms with Gasteiger partial charge < -0.3 is 4.74 Å². The van der Waals surface area contributed by atoms with Gasteiger partial charge in [0.15, 0.2) is 5.82 Å². The predicted molar refractivity (Wildman–Crippen MR) is 110 cm³/mol. The number of rotatable bonds is 6. The van der Waals surface area contributed by atoms with Crippen LogP contribution in [0.2, 0.25) is 0 Å². The number of aromatic nitrogens is 4. The molecule has 8 nitrogen and oxygen atoms in total. The molecule has 0 aliphatic rings. The lowest BCUT2D eigenvalue weighted by atomic mass is 10.3. The fraction of sp³-hybridized carbons (Fsp3) is 0.105. The highest BCUT2D eigenvalue weighted by molar-refractivity contribution is 7.94. The molecule has 4 aromatic rings. The van der Waals surface area contributed by atoms with E-state index in [0.717, 1.165) is 22.7 Å². The molecule has 0 fully saturated rings. The van der Waals surface area contributed by atoms with Crippen molar-refractivity contribution in [2.75, 3.05) is 4.72 Å². The minimum atomic E-state index is -3.58. The number of nitrogens with zero attached hydrogens (tertiary/aromatic N) is 4. The molecule has 1 N–H and O–H groups in total. The van der Waals surface area contributed by atoms with Crippen LogP contribution in [0.5, 0.6) is 11.6 Å². The Morgan fingerprint density at radius 1 is 1.03 bits per heavy atom. The molecule has 3 heterocycles. The van der Waals surface area contributed by atoms with Crippen molar-refractivity contribution in [3.63, 3.8) is 0 Å². The van der Waals surface area contributed by atoms with Crippen LogP contribution >= 0.6 is 11.3 Å². The number of nitrogens with one attached hydrogen (secondary N) is 1. The number of sulfonamides is 1. The van der Waals surface area contributed by atoms with Gasteiger partial charge in [0.1, 0.15) is 9.96 Å². The van der Waals surface area contributed by atoms with Gasteiger partial charge in [0.25, 0.3) is 10.0 Å². The first-order chi connectivity index (χ1) is 13.9. The minimum absolute atomic E-state index is 0.260. The Morgan fingerprint density at radius 2 is 1.83 bits per heavy atom. The summed E-state index contributed by atoms with van der Waals surface area (Å²) < 4.78 is 34.7. The standard InChI is InChI=1S/C19H17N5O3S2/c1-13-12-14(2)24(22-13)17-9-10-18(21-20-17)27-16-7-5-15(6-8-16)23-29(25,26)19-4-3-11-28-19/h3-12,23H,1-2H3. The van der Waals surface area contributed by atoms with E-state index in [2.05, 4.69) is 20.0 Å². The number of ether oxygens (including phenoxy) is 1. The smallest absolute Gasteiger partial charge is 0.271 e. The Labute approximate surface area is 171 Å². The van der Waals surface area contributed by atoms with Gasteiger partial charge in [-0.25, -0.2) is 13.1 Å². The first-order valence-corrected chi connectivity index (χ1v) is 11.0. The normalized spacial score (nSPS) is 11.4. The van der Waals surface area contributed by atoms with Gasteiger partial charge in [-0.3, -0.25) is 4.72 Å². The molecule has 0 aliphatic heterocycles. The zero-order valence-electron chi connectivity index (χ0n) is 15.6. The van der Waals surface area contributed by atoms with E-state index in [1.807, 2.05) is 19.9 Å². The molecule has 148 valence electrons. The van der Waals surface area contributed by atoms with Gasteiger partial charge in [0, 0.05) is 17.4 Å². The summed E-state index contributed by atoms with van der Waals surface area (Å²) in [5.74, 6) is 1.43. The minimum Gasteiger partial charge on any atom is -0.438 e. The molecule has 4 rings (SSSR count). The molecule has 0 bridgehead atoms. The summed E-state index contributed by atoms with van der Waals surface area (Å²) in [6, 6.07) is 15.2. The third-order valence-electron chi connectivity index (χ3n) is 3.94. The van der Waals surface area contributed by atoms with E-state index in [-0.39, 0.29) is 4.21 Å². The zero-order valence-corrected chi connectivity index (χ0v) is 17.2. The Kier molecular flexibility index (Phi) is 5.03. The Morgan fingerprint density at radius 3 is 2.41 bits per heavy atom. The van der Waals surface area contributed by atoms with Gasteiger partial charge in [0.2, 0.25) is 5.88 Å². The van der Waals surface area contributed by atoms with Crippen LogP contribution < -0.4 is 9.46 Å². The first kappa shape index (κ1) is 19.1. The van der Waals surface area contributed by atoms with Gasteiger partial charge in [-0.05, 0) is 61.7 Å². The molecule has 10 heteroatoms. The summed E-state index contributed by atoms with van der Waals surface area (Å²) in [5.41, 5.74) is 2.31. The van der Waals surface area contributed by atoms with Crippen LogP contribution in [0, 0.1) is 13.8 Å². The summed E-state index contributed by atoms with van der Waals surface area (Å²) >= 11 is 1.16. The Hall–Kier alpha value is -3.24. The van der Waals surface area contributed by atoms with Crippen LogP contribution in [0.1, 0.15) is 11.4 Å². The van der Waals surface area contributed by atoms with Gasteiger partial charge >= 0.3 is 0 Å². The molecule has 0 saturated heterocycles. The van der Waals surface area contributed by atoms with Gasteiger partial charge in [-0.15, -0.1) is 21.5 Å². The van der Waals surface area contributed by atoms with Crippen LogP contribution in [-0.4, -0.2) is 28.4 Å². The third kappa shape index (κ3) is 4.28. The van der Waals surface area contributed by atoms with Crippen molar-refractivity contribution in [1.29, 1.82) is 0 Å². The third-order valence-corrected chi connectivity index (χ3v) is 6.72. The number of thiophene rings is 1. The number of hydrogen-bond donors (Lipinski definition) is 1. The van der Waals surface area contributed by atoms with Crippen molar-refractivity contribution >= 4 is 27.0 Å². The maximum Gasteiger partial charge on any atom is 0.271 e. The van der Waals surface area contributed by atoms with Crippen molar-refractivity contribution in [2.45, 2.75) is 18.1 Å². The highest BCUT2D eigenvalue weighted by atomic mass is 32.2. The van der Waals surface area contributed by atoms with E-state index < -0.39 is 10.0 Å². The van der Waals surface area contributed by atoms with Gasteiger partial charge in [-0.2, -0.15) is 5.10 Å². The molecule has 0 radical (unpaired) electrons. The lowest BCUT2D eigenvalue weighted by Gasteiger charge is -2.08. The molecule has 0 unspecified atom stereocenters. The monoisotopic (exact) mass is 427 g/mol. The van der Waals surface area contributed by atoms with E-state index in [1.54, 1.807) is 58.6 Å². The largest absolute Gasteiger partial charge is 0.438 e. The molecule has 29 heavy (non-hydrogen) atoms. The molecule has 1 aromatic carbocycles. The number of aryl methyl sites for hydroxylation is 2. The van der Waals surface area contributed by atoms with Gasteiger partial charge in [-0.1, -0.05) is 6.07 Å². The molecule has 0 spiro atoms. The maximum atomic E-state index is 12.3. The predicted octanol–water partition coefficient (Wildman–Crippen LogP) is 3.93. The molecule has 0 aliphatic carbocycles. The number of benzene rings is 1. The summed E-state index contributed by atoms with van der Waals surface area (Å²) in [5, 5.41) is 14.3. The quantitative estimate of drug-likeness (QED) is 0.500. The van der Waals surface area contributed by atoms with Crippen LogP contribution in [0.15, 0.2) is 64.2 Å². The average Bonchev–Trinajstić information content (AvgIpc) is 3.34. The summed E-state index contributed by atoms with van der Waals surface area (Å²) in [6.45, 7) is 3.86. The second-order valence-corrected chi connectivity index (χ2v) is 9.09. The number of anilines is 1. The summed E-state index contributed by atoms with van der Waals surface area (Å²) in [4.78, 5) is 0. The lowest BCUT2D eigenvalue weighted by Crippen LogP contribution is -2.11. The molecule has 0 saturated carbocycles. The van der Waals surface area contributed by atoms with E-state index >= 15 is 0 Å². The van der Waals surface area contributed by atoms with Crippen molar-refractivity contribution < 1.29 is 13.2 Å². The van der Waals surface area contributed by atoms with Crippen LogP contribution in [0.25, 0.3) is 5.82 Å². The van der Waals surface area contributed by atoms with Crippen molar-refractivity contribution in [3.8, 4) is 17.4 Å². The van der Waals surface area contributed by atoms with Crippen molar-refractivity contribution in [3.05, 3.63) is 71.4 Å². The first-order valence-electron chi connectivity index (χ1n) is 8.62. The van der Waals surface area contributed by atoms with E-state index in [4.69, 9.17) is 4.74 Å². The van der Waals surface area contributed by atoms with E-state index in [1.165, 1.54) is 0 Å². The van der Waals surface area contributed by atoms with Gasteiger partial charge in [0.05, 0.1) is 5.69 Å². The Balaban J connectivity index is 1.44. The second-order valence-electron chi connectivity index (χ2n) is 6.23. The van der Waals surface area contributed by atoms with Crippen LogP contribution in [0.3, 0.4) is 0 Å².